The number of carboxylic acid groups (broad SMARTS) is 1. The molecule has 0 bridgehead atoms. The molecule has 0 saturated heterocycles. The number of guanidine groups is 1. The molecule has 258 valence electrons. The first-order valence-electron chi connectivity index (χ1n) is 15.0. The third-order valence-corrected chi connectivity index (χ3v) is 7.45. The zero-order valence-corrected chi connectivity index (χ0v) is 25.7. The van der Waals surface area contributed by atoms with Gasteiger partial charge in [-0.2, -0.15) is 13.2 Å². The summed E-state index contributed by atoms with van der Waals surface area (Å²) in [4.78, 5) is 51.7. The molecule has 1 aliphatic carbocycles. The summed E-state index contributed by atoms with van der Waals surface area (Å²) < 4.78 is 31.7. The van der Waals surface area contributed by atoms with E-state index in [1.54, 1.807) is 12.1 Å². The number of primary amides is 1. The number of amides is 3. The largest absolute Gasteiger partial charge is 0.490 e. The van der Waals surface area contributed by atoms with Gasteiger partial charge in [0, 0.05) is 18.0 Å². The van der Waals surface area contributed by atoms with E-state index < -0.39 is 36.0 Å². The van der Waals surface area contributed by atoms with E-state index in [1.807, 2.05) is 12.1 Å². The average Bonchev–Trinajstić information content (AvgIpc) is 2.99. The lowest BCUT2D eigenvalue weighted by molar-refractivity contribution is -0.192. The number of nitrogens with one attached hydrogen (secondary N) is 3. The molecule has 1 fully saturated rings. The minimum atomic E-state index is -5.08. The molecular weight excluding hydrogens is 611 g/mol. The first-order chi connectivity index (χ1) is 21.6. The number of nitrogens with two attached hydrogens (primary N) is 5. The van der Waals surface area contributed by atoms with Crippen LogP contribution in [0.2, 0.25) is 0 Å². The molecular formula is C29H46F3N9O5. The molecule has 14 N–H and O–H groups in total. The van der Waals surface area contributed by atoms with Crippen LogP contribution in [-0.2, 0) is 25.6 Å². The normalized spacial score (nSPS) is 15.2. The van der Waals surface area contributed by atoms with E-state index in [9.17, 15) is 27.6 Å². The van der Waals surface area contributed by atoms with E-state index in [1.165, 1.54) is 0 Å². The van der Waals surface area contributed by atoms with E-state index in [0.717, 1.165) is 37.7 Å². The van der Waals surface area contributed by atoms with Gasteiger partial charge in [0.05, 0.1) is 0 Å². The molecule has 1 aliphatic rings. The highest BCUT2D eigenvalue weighted by atomic mass is 19.4. The van der Waals surface area contributed by atoms with Crippen molar-refractivity contribution >= 4 is 35.5 Å². The average molecular weight is 658 g/mol. The Kier molecular flexibility index (Phi) is 17.1. The van der Waals surface area contributed by atoms with Gasteiger partial charge in [-0.05, 0) is 63.0 Å². The molecule has 3 amide bonds. The Morgan fingerprint density at radius 1 is 0.913 bits per heavy atom. The highest BCUT2D eigenvalue weighted by Crippen LogP contribution is 2.32. The van der Waals surface area contributed by atoms with Crippen LogP contribution < -0.4 is 39.3 Å². The summed E-state index contributed by atoms with van der Waals surface area (Å²) in [6, 6.07) is 5.56. The zero-order valence-electron chi connectivity index (χ0n) is 25.7. The number of rotatable bonds is 16. The Labute approximate surface area is 265 Å². The molecule has 0 radical (unpaired) electrons. The van der Waals surface area contributed by atoms with Gasteiger partial charge in [0.15, 0.2) is 5.96 Å². The number of carboxylic acids is 1. The number of nitrogen functional groups attached to an aromatic ring is 1. The molecule has 1 unspecified atom stereocenters. The lowest BCUT2D eigenvalue weighted by Crippen LogP contribution is -2.54. The van der Waals surface area contributed by atoms with E-state index >= 15 is 0 Å². The maximum atomic E-state index is 13.7. The van der Waals surface area contributed by atoms with Crippen LogP contribution in [0.4, 0.5) is 13.2 Å². The molecule has 0 spiro atoms. The molecule has 14 nitrogen and oxygen atoms in total. The number of aliphatic carboxylic acids is 1. The number of benzene rings is 1. The van der Waals surface area contributed by atoms with E-state index in [2.05, 4.69) is 15.6 Å². The van der Waals surface area contributed by atoms with Crippen molar-refractivity contribution in [1.82, 2.24) is 10.6 Å². The minimum Gasteiger partial charge on any atom is -0.475 e. The summed E-state index contributed by atoms with van der Waals surface area (Å²) in [6.45, 7) is 0.651. The van der Waals surface area contributed by atoms with Gasteiger partial charge in [0.25, 0.3) is 0 Å². The summed E-state index contributed by atoms with van der Waals surface area (Å²) in [7, 11) is 0. The monoisotopic (exact) mass is 657 g/mol. The summed E-state index contributed by atoms with van der Waals surface area (Å²) in [5.41, 5.74) is 29.0. The summed E-state index contributed by atoms with van der Waals surface area (Å²) >= 11 is 0. The standard InChI is InChI=1S/C27H45N9O3.C2HF3O2/c28-14-4-8-22(26(39)35-21(24(31)37)9-5-15-34-27(32)33)36-25(38)20(18-6-2-1-3-7-18)16-17-10-12-19(13-11-17)23(29)30;3-2(4,5)1(6)7/h10-13,18,20-22H,1-9,14-16,28H2,(H3,29,30)(H2,31,37)(H,35,39)(H,36,38)(H4,32,33,34);(H,6,7)/t20?,21-,22-;/m0./s1. The molecule has 0 aliphatic heterocycles. The van der Waals surface area contributed by atoms with Gasteiger partial charge >= 0.3 is 12.1 Å². The van der Waals surface area contributed by atoms with Crippen LogP contribution in [0.1, 0.15) is 68.9 Å². The number of amidine groups is 1. The fourth-order valence-corrected chi connectivity index (χ4v) is 5.02. The van der Waals surface area contributed by atoms with E-state index in [4.69, 9.17) is 44.0 Å². The maximum absolute atomic E-state index is 13.7. The smallest absolute Gasteiger partial charge is 0.475 e. The summed E-state index contributed by atoms with van der Waals surface area (Å²) in [6.07, 6.45) is 2.15. The predicted octanol–water partition coefficient (Wildman–Crippen LogP) is 0.590. The van der Waals surface area contributed by atoms with Gasteiger partial charge in [-0.15, -0.1) is 0 Å². The molecule has 2 rings (SSSR count). The van der Waals surface area contributed by atoms with Crippen LogP contribution in [0.25, 0.3) is 0 Å². The van der Waals surface area contributed by atoms with Crippen LogP contribution in [0.3, 0.4) is 0 Å². The van der Waals surface area contributed by atoms with Crippen molar-refractivity contribution in [3.05, 3.63) is 35.4 Å². The predicted molar refractivity (Wildman–Crippen MR) is 166 cm³/mol. The highest BCUT2D eigenvalue weighted by Gasteiger charge is 2.38. The fraction of sp³-hybridized carbons (Fsp3) is 0.586. The summed E-state index contributed by atoms with van der Waals surface area (Å²) in [5.74, 6) is -4.30. The molecule has 3 atom stereocenters. The second-order valence-corrected chi connectivity index (χ2v) is 11.0. The van der Waals surface area contributed by atoms with Crippen molar-refractivity contribution in [2.24, 2.45) is 45.5 Å². The third kappa shape index (κ3) is 15.0. The maximum Gasteiger partial charge on any atom is 0.490 e. The molecule has 0 aromatic heterocycles. The van der Waals surface area contributed by atoms with Crippen molar-refractivity contribution < 1.29 is 37.5 Å². The van der Waals surface area contributed by atoms with Gasteiger partial charge in [-0.3, -0.25) is 24.8 Å². The number of hydrogen-bond donors (Lipinski definition) is 9. The second-order valence-electron chi connectivity index (χ2n) is 11.0. The van der Waals surface area contributed by atoms with Gasteiger partial charge in [-0.1, -0.05) is 43.5 Å². The first kappa shape index (κ1) is 39.6. The van der Waals surface area contributed by atoms with Crippen molar-refractivity contribution in [2.75, 3.05) is 13.1 Å². The molecule has 17 heteroatoms. The Hall–Kier alpha value is -4.41. The van der Waals surface area contributed by atoms with Gasteiger partial charge < -0.3 is 44.4 Å². The van der Waals surface area contributed by atoms with Gasteiger partial charge in [0.2, 0.25) is 17.7 Å². The number of carbonyl (C=O) groups excluding carboxylic acids is 3. The molecule has 1 aromatic carbocycles. The lowest BCUT2D eigenvalue weighted by Gasteiger charge is -2.31. The topological polar surface area (TPSA) is 279 Å². The Morgan fingerprint density at radius 3 is 1.93 bits per heavy atom. The van der Waals surface area contributed by atoms with E-state index in [0.29, 0.717) is 44.3 Å². The second kappa shape index (κ2) is 19.9. The Balaban J connectivity index is 0.00000135. The van der Waals surface area contributed by atoms with Crippen molar-refractivity contribution in [3.63, 3.8) is 0 Å². The zero-order chi connectivity index (χ0) is 34.9. The molecule has 1 saturated carbocycles. The lowest BCUT2D eigenvalue weighted by atomic mass is 9.76. The highest BCUT2D eigenvalue weighted by molar-refractivity contribution is 5.95. The fourth-order valence-electron chi connectivity index (χ4n) is 5.02. The van der Waals surface area contributed by atoms with Crippen LogP contribution >= 0.6 is 0 Å². The molecule has 0 heterocycles. The molecule has 46 heavy (non-hydrogen) atoms. The van der Waals surface area contributed by atoms with Crippen LogP contribution in [0.5, 0.6) is 0 Å². The Bertz CT molecular complexity index is 1190. The number of alkyl halides is 3. The van der Waals surface area contributed by atoms with Gasteiger partial charge in [0.1, 0.15) is 17.9 Å². The van der Waals surface area contributed by atoms with Crippen LogP contribution in [-0.4, -0.2) is 71.9 Å². The van der Waals surface area contributed by atoms with E-state index in [-0.39, 0.29) is 36.0 Å². The quantitative estimate of drug-likeness (QED) is 0.0682. The van der Waals surface area contributed by atoms with Crippen molar-refractivity contribution in [3.8, 4) is 0 Å². The molecule has 1 aromatic rings. The number of halogens is 3. The van der Waals surface area contributed by atoms with Gasteiger partial charge in [-0.25, -0.2) is 4.79 Å². The summed E-state index contributed by atoms with van der Waals surface area (Å²) in [5, 5.41) is 20.4. The van der Waals surface area contributed by atoms with Crippen molar-refractivity contribution in [2.45, 2.75) is 82.5 Å². The number of hydrogen-bond acceptors (Lipinski definition) is 7. The third-order valence-electron chi connectivity index (χ3n) is 7.45. The Morgan fingerprint density at radius 2 is 1.46 bits per heavy atom. The minimum absolute atomic E-state index is 0.0117. The van der Waals surface area contributed by atoms with Crippen LogP contribution in [0.15, 0.2) is 29.3 Å². The number of aliphatic imine (C=N–C) groups is 1. The van der Waals surface area contributed by atoms with Crippen molar-refractivity contribution in [1.29, 1.82) is 5.41 Å². The number of carbonyl (C=O) groups is 4. The van der Waals surface area contributed by atoms with Crippen LogP contribution in [0, 0.1) is 17.2 Å². The first-order valence-corrected chi connectivity index (χ1v) is 15.0. The number of nitrogens with zero attached hydrogens (tertiary/aromatic N) is 1. The SMILES string of the molecule is N=C(N)c1ccc(CC(C(=O)N[C@@H](CCCN)C(=O)N[C@@H](CCCN=C(N)N)C(N)=O)C2CCCCC2)cc1.O=C(O)C(F)(F)F.